The van der Waals surface area contributed by atoms with Gasteiger partial charge in [-0.1, -0.05) is 23.7 Å². The monoisotopic (exact) mass is 384 g/mol. The Hall–Kier alpha value is -2.86. The Balaban J connectivity index is 1.47. The molecular formula is C20H18ClFN4O. The summed E-state index contributed by atoms with van der Waals surface area (Å²) < 4.78 is 13.1. The Morgan fingerprint density at radius 2 is 1.81 bits per heavy atom. The van der Waals surface area contributed by atoms with Crippen molar-refractivity contribution < 1.29 is 9.18 Å². The number of H-pyrrole nitrogens is 1. The minimum Gasteiger partial charge on any atom is -0.368 e. The van der Waals surface area contributed by atoms with Gasteiger partial charge in [-0.2, -0.15) is 5.10 Å². The Labute approximate surface area is 161 Å². The smallest absolute Gasteiger partial charge is 0.257 e. The number of anilines is 1. The van der Waals surface area contributed by atoms with E-state index in [2.05, 4.69) is 15.1 Å². The zero-order chi connectivity index (χ0) is 18.8. The average molecular weight is 385 g/mol. The summed E-state index contributed by atoms with van der Waals surface area (Å²) in [6.07, 6.45) is 1.56. The molecule has 1 aromatic heterocycles. The molecule has 5 nitrogen and oxygen atoms in total. The van der Waals surface area contributed by atoms with Gasteiger partial charge in [0.15, 0.2) is 0 Å². The lowest BCUT2D eigenvalue weighted by Gasteiger charge is -2.36. The minimum absolute atomic E-state index is 0.0579. The fraction of sp³-hybridized carbons (Fsp3) is 0.200. The van der Waals surface area contributed by atoms with Gasteiger partial charge in [0, 0.05) is 42.5 Å². The number of rotatable bonds is 3. The number of benzene rings is 2. The van der Waals surface area contributed by atoms with E-state index in [0.29, 0.717) is 42.5 Å². The van der Waals surface area contributed by atoms with E-state index in [1.165, 1.54) is 12.1 Å². The highest BCUT2D eigenvalue weighted by Crippen LogP contribution is 2.25. The second-order valence-electron chi connectivity index (χ2n) is 6.42. The van der Waals surface area contributed by atoms with Crippen LogP contribution in [0, 0.1) is 5.82 Å². The Kier molecular flexibility index (Phi) is 4.81. The summed E-state index contributed by atoms with van der Waals surface area (Å²) in [4.78, 5) is 17.0. The van der Waals surface area contributed by atoms with Gasteiger partial charge in [0.2, 0.25) is 0 Å². The van der Waals surface area contributed by atoms with Crippen molar-refractivity contribution in [2.75, 3.05) is 31.1 Å². The van der Waals surface area contributed by atoms with Crippen molar-refractivity contribution in [1.82, 2.24) is 15.1 Å². The zero-order valence-corrected chi connectivity index (χ0v) is 15.3. The maximum atomic E-state index is 13.1. The molecule has 1 fully saturated rings. The summed E-state index contributed by atoms with van der Waals surface area (Å²) >= 11 is 6.07. The highest BCUT2D eigenvalue weighted by Gasteiger charge is 2.25. The Morgan fingerprint density at radius 3 is 2.52 bits per heavy atom. The fourth-order valence-electron chi connectivity index (χ4n) is 3.30. The van der Waals surface area contributed by atoms with Crippen LogP contribution in [0.15, 0.2) is 54.7 Å². The molecule has 1 saturated heterocycles. The summed E-state index contributed by atoms with van der Waals surface area (Å²) in [5, 5.41) is 7.57. The standard InChI is InChI=1S/C20H18ClFN4O/c21-15-3-1-2-14(12-15)19-18(13-23-24-19)20(27)26-10-8-25(9-11-26)17-6-4-16(22)5-7-17/h1-7,12-13H,8-11H2,(H,23,24). The van der Waals surface area contributed by atoms with Crippen LogP contribution in [-0.4, -0.2) is 47.2 Å². The van der Waals surface area contributed by atoms with Gasteiger partial charge >= 0.3 is 0 Å². The molecule has 0 unspecified atom stereocenters. The van der Waals surface area contributed by atoms with Crippen LogP contribution in [0.1, 0.15) is 10.4 Å². The quantitative estimate of drug-likeness (QED) is 0.746. The molecule has 27 heavy (non-hydrogen) atoms. The molecule has 1 aliphatic heterocycles. The third-order valence-corrected chi connectivity index (χ3v) is 4.98. The molecule has 2 heterocycles. The maximum absolute atomic E-state index is 13.1. The number of nitrogens with one attached hydrogen (secondary N) is 1. The lowest BCUT2D eigenvalue weighted by molar-refractivity contribution is 0.0747. The van der Waals surface area contributed by atoms with Crippen molar-refractivity contribution in [3.8, 4) is 11.3 Å². The van der Waals surface area contributed by atoms with Crippen molar-refractivity contribution in [2.24, 2.45) is 0 Å². The van der Waals surface area contributed by atoms with Crippen LogP contribution in [-0.2, 0) is 0 Å². The molecule has 0 atom stereocenters. The van der Waals surface area contributed by atoms with Gasteiger partial charge in [0.25, 0.3) is 5.91 Å². The summed E-state index contributed by atoms with van der Waals surface area (Å²) in [6, 6.07) is 13.8. The van der Waals surface area contributed by atoms with Crippen LogP contribution in [0.3, 0.4) is 0 Å². The minimum atomic E-state index is -0.249. The van der Waals surface area contributed by atoms with Gasteiger partial charge < -0.3 is 9.80 Å². The number of hydrogen-bond acceptors (Lipinski definition) is 3. The third-order valence-electron chi connectivity index (χ3n) is 4.74. The lowest BCUT2D eigenvalue weighted by atomic mass is 10.1. The third kappa shape index (κ3) is 3.66. The highest BCUT2D eigenvalue weighted by atomic mass is 35.5. The van der Waals surface area contributed by atoms with E-state index in [4.69, 9.17) is 11.6 Å². The number of hydrogen-bond donors (Lipinski definition) is 1. The first-order valence-corrected chi connectivity index (χ1v) is 9.09. The fourth-order valence-corrected chi connectivity index (χ4v) is 3.49. The average Bonchev–Trinajstić information content (AvgIpc) is 3.18. The molecule has 0 saturated carbocycles. The highest BCUT2D eigenvalue weighted by molar-refractivity contribution is 6.30. The normalized spacial score (nSPS) is 14.4. The lowest BCUT2D eigenvalue weighted by Crippen LogP contribution is -2.48. The van der Waals surface area contributed by atoms with Gasteiger partial charge in [-0.3, -0.25) is 9.89 Å². The van der Waals surface area contributed by atoms with Crippen molar-refractivity contribution in [2.45, 2.75) is 0 Å². The van der Waals surface area contributed by atoms with Crippen LogP contribution in [0.4, 0.5) is 10.1 Å². The van der Waals surface area contributed by atoms with Crippen molar-refractivity contribution in [1.29, 1.82) is 0 Å². The first kappa shape index (κ1) is 17.5. The van der Waals surface area contributed by atoms with Crippen LogP contribution in [0.2, 0.25) is 5.02 Å². The van der Waals surface area contributed by atoms with E-state index < -0.39 is 0 Å². The van der Waals surface area contributed by atoms with Gasteiger partial charge in [0.1, 0.15) is 5.82 Å². The van der Waals surface area contributed by atoms with Crippen LogP contribution >= 0.6 is 11.6 Å². The number of carbonyl (C=O) groups is 1. The van der Waals surface area contributed by atoms with Crippen LogP contribution < -0.4 is 4.90 Å². The number of aromatic nitrogens is 2. The number of halogens is 2. The molecule has 2 aromatic carbocycles. The first-order valence-electron chi connectivity index (χ1n) is 8.71. The van der Waals surface area contributed by atoms with Gasteiger partial charge in [-0.15, -0.1) is 0 Å². The van der Waals surface area contributed by atoms with Crippen molar-refractivity contribution in [3.05, 3.63) is 71.1 Å². The molecule has 3 aromatic rings. The number of carbonyl (C=O) groups excluding carboxylic acids is 1. The number of nitrogens with zero attached hydrogens (tertiary/aromatic N) is 3. The van der Waals surface area contributed by atoms with Gasteiger partial charge in [-0.05, 0) is 36.4 Å². The second-order valence-corrected chi connectivity index (χ2v) is 6.86. The number of aromatic amines is 1. The van der Waals surface area contributed by atoms with E-state index in [1.54, 1.807) is 30.5 Å². The van der Waals surface area contributed by atoms with E-state index >= 15 is 0 Å². The van der Waals surface area contributed by atoms with E-state index in [9.17, 15) is 9.18 Å². The molecular weight excluding hydrogens is 367 g/mol. The van der Waals surface area contributed by atoms with E-state index in [0.717, 1.165) is 11.3 Å². The molecule has 0 aliphatic carbocycles. The predicted molar refractivity (Wildman–Crippen MR) is 104 cm³/mol. The SMILES string of the molecule is O=C(c1cn[nH]c1-c1cccc(Cl)c1)N1CCN(c2ccc(F)cc2)CC1. The Bertz CT molecular complexity index is 949. The molecule has 1 N–H and O–H groups in total. The van der Waals surface area contributed by atoms with Gasteiger partial charge in [0.05, 0.1) is 17.5 Å². The predicted octanol–water partition coefficient (Wildman–Crippen LogP) is 3.83. The first-order chi connectivity index (χ1) is 13.1. The number of amides is 1. The molecule has 1 amide bonds. The summed E-state index contributed by atoms with van der Waals surface area (Å²) in [6.45, 7) is 2.58. The Morgan fingerprint density at radius 1 is 1.07 bits per heavy atom. The molecule has 0 radical (unpaired) electrons. The van der Waals surface area contributed by atoms with Gasteiger partial charge in [-0.25, -0.2) is 4.39 Å². The molecule has 7 heteroatoms. The van der Waals surface area contributed by atoms with E-state index in [-0.39, 0.29) is 11.7 Å². The summed E-state index contributed by atoms with van der Waals surface area (Å²) in [5.74, 6) is -0.307. The zero-order valence-electron chi connectivity index (χ0n) is 14.5. The summed E-state index contributed by atoms with van der Waals surface area (Å²) in [5.41, 5.74) is 3.00. The largest absolute Gasteiger partial charge is 0.368 e. The van der Waals surface area contributed by atoms with Crippen LogP contribution in [0.5, 0.6) is 0 Å². The van der Waals surface area contributed by atoms with Crippen molar-refractivity contribution in [3.63, 3.8) is 0 Å². The van der Waals surface area contributed by atoms with Crippen molar-refractivity contribution >= 4 is 23.2 Å². The van der Waals surface area contributed by atoms with E-state index in [1.807, 2.05) is 17.0 Å². The molecule has 0 spiro atoms. The molecule has 4 rings (SSSR count). The molecule has 0 bridgehead atoms. The molecule has 1 aliphatic rings. The topological polar surface area (TPSA) is 52.2 Å². The molecule has 138 valence electrons. The summed E-state index contributed by atoms with van der Waals surface area (Å²) in [7, 11) is 0. The maximum Gasteiger partial charge on any atom is 0.257 e. The number of piperazine rings is 1. The second kappa shape index (κ2) is 7.40. The van der Waals surface area contributed by atoms with Crippen LogP contribution in [0.25, 0.3) is 11.3 Å².